The fourth-order valence-corrected chi connectivity index (χ4v) is 3.53. The molecule has 1 unspecified atom stereocenters. The molecule has 0 aliphatic carbocycles. The van der Waals surface area contributed by atoms with Gasteiger partial charge in [0.25, 0.3) is 0 Å². The van der Waals surface area contributed by atoms with Gasteiger partial charge in [-0.15, -0.1) is 11.8 Å². The lowest BCUT2D eigenvalue weighted by Crippen LogP contribution is -2.37. The van der Waals surface area contributed by atoms with Crippen molar-refractivity contribution in [2.45, 2.75) is 16.7 Å². The highest BCUT2D eigenvalue weighted by Crippen LogP contribution is 2.26. The van der Waals surface area contributed by atoms with E-state index in [2.05, 4.69) is 10.6 Å². The Labute approximate surface area is 119 Å². The molecule has 9 heteroatoms. The Hall–Kier alpha value is -1.19. The molecule has 1 aromatic rings. The Bertz CT molecular complexity index is 601. The summed E-state index contributed by atoms with van der Waals surface area (Å²) in [4.78, 5) is 11.3. The molecule has 1 atom stereocenters. The van der Waals surface area contributed by atoms with Crippen LogP contribution in [0, 0.1) is 0 Å². The number of sulfone groups is 1. The third kappa shape index (κ3) is 3.10. The normalized spacial score (nSPS) is 19.2. The first-order chi connectivity index (χ1) is 9.43. The van der Waals surface area contributed by atoms with Crippen molar-refractivity contribution in [1.82, 2.24) is 5.32 Å². The number of nitrogens with one attached hydrogen (secondary N) is 2. The van der Waals surface area contributed by atoms with Gasteiger partial charge in [0.15, 0.2) is 0 Å². The molecule has 1 amide bonds. The van der Waals surface area contributed by atoms with Gasteiger partial charge in [0.05, 0.1) is 16.6 Å². The van der Waals surface area contributed by atoms with Crippen LogP contribution >= 0.6 is 11.8 Å². The molecule has 110 valence electrons. The number of benzene rings is 1. The molecule has 1 aliphatic heterocycles. The molecule has 20 heavy (non-hydrogen) atoms. The molecule has 1 aliphatic rings. The monoisotopic (exact) mass is 322 g/mol. The Morgan fingerprint density at radius 3 is 2.70 bits per heavy atom. The van der Waals surface area contributed by atoms with E-state index < -0.39 is 32.4 Å². The molecule has 2 N–H and O–H groups in total. The summed E-state index contributed by atoms with van der Waals surface area (Å²) >= 11 is 1.53. The first-order valence-corrected chi connectivity index (χ1v) is 8.36. The van der Waals surface area contributed by atoms with Crippen molar-refractivity contribution < 1.29 is 22.0 Å². The fraction of sp³-hybridized carbons (Fsp3) is 0.364. The van der Waals surface area contributed by atoms with Gasteiger partial charge in [-0.1, -0.05) is 12.1 Å². The largest absolute Gasteiger partial charge is 0.341 e. The van der Waals surface area contributed by atoms with E-state index in [9.17, 15) is 22.0 Å². The molecule has 1 heterocycles. The number of para-hydroxylation sites is 1. The molecule has 1 fully saturated rings. The summed E-state index contributed by atoms with van der Waals surface area (Å²) < 4.78 is 48.3. The number of hydrogen-bond donors (Lipinski definition) is 2. The third-order valence-corrected chi connectivity index (χ3v) is 5.10. The summed E-state index contributed by atoms with van der Waals surface area (Å²) in [5.74, 6) is -2.79. The molecule has 0 aromatic heterocycles. The molecule has 0 spiro atoms. The molecule has 0 bridgehead atoms. The van der Waals surface area contributed by atoms with E-state index in [1.165, 1.54) is 30.0 Å². The number of halogens is 2. The van der Waals surface area contributed by atoms with Crippen LogP contribution < -0.4 is 10.6 Å². The van der Waals surface area contributed by atoms with Crippen molar-refractivity contribution in [3.8, 4) is 0 Å². The summed E-state index contributed by atoms with van der Waals surface area (Å²) in [6.45, 7) is 0. The topological polar surface area (TPSA) is 75.3 Å². The van der Waals surface area contributed by atoms with Crippen molar-refractivity contribution in [1.29, 1.82) is 0 Å². The molecular weight excluding hydrogens is 310 g/mol. The van der Waals surface area contributed by atoms with Gasteiger partial charge >= 0.3 is 5.76 Å². The van der Waals surface area contributed by atoms with E-state index in [1.54, 1.807) is 0 Å². The fourth-order valence-electron chi connectivity index (χ4n) is 1.70. The highest BCUT2D eigenvalue weighted by atomic mass is 32.2. The van der Waals surface area contributed by atoms with Crippen LogP contribution in [0.5, 0.6) is 0 Å². The zero-order chi connectivity index (χ0) is 14.8. The van der Waals surface area contributed by atoms with Gasteiger partial charge in [0.2, 0.25) is 15.7 Å². The summed E-state index contributed by atoms with van der Waals surface area (Å²) in [5.41, 5.74) is -0.128. The zero-order valence-corrected chi connectivity index (χ0v) is 11.8. The lowest BCUT2D eigenvalue weighted by Gasteiger charge is -2.14. The van der Waals surface area contributed by atoms with E-state index in [0.29, 0.717) is 11.6 Å². The zero-order valence-electron chi connectivity index (χ0n) is 10.2. The van der Waals surface area contributed by atoms with E-state index >= 15 is 0 Å². The number of alkyl halides is 2. The second-order valence-corrected chi connectivity index (χ2v) is 6.98. The second kappa shape index (κ2) is 6.06. The predicted octanol–water partition coefficient (Wildman–Crippen LogP) is 1.28. The van der Waals surface area contributed by atoms with Crippen LogP contribution in [-0.4, -0.2) is 37.8 Å². The minimum atomic E-state index is -4.75. The lowest BCUT2D eigenvalue weighted by atomic mass is 10.2. The Morgan fingerprint density at radius 2 is 2.10 bits per heavy atom. The van der Waals surface area contributed by atoms with Crippen LogP contribution in [-0.2, 0) is 14.6 Å². The Morgan fingerprint density at radius 1 is 1.40 bits per heavy atom. The number of carbonyl (C=O) groups is 1. The van der Waals surface area contributed by atoms with Crippen LogP contribution in [0.3, 0.4) is 0 Å². The molecule has 5 nitrogen and oxygen atoms in total. The maximum atomic E-state index is 12.6. The highest BCUT2D eigenvalue weighted by Gasteiger charge is 2.30. The maximum absolute atomic E-state index is 12.6. The van der Waals surface area contributed by atoms with Crippen LogP contribution in [0.25, 0.3) is 0 Å². The van der Waals surface area contributed by atoms with Gasteiger partial charge in [-0.05, 0) is 12.1 Å². The molecular formula is C11H12F2N2O3S2. The first kappa shape index (κ1) is 15.2. The minimum Gasteiger partial charge on any atom is -0.324 e. The molecule has 1 aromatic carbocycles. The average Bonchev–Trinajstić information content (AvgIpc) is 2.93. The average molecular weight is 322 g/mol. The molecule has 0 radical (unpaired) electrons. The number of carbonyl (C=O) groups excluding carboxylic acids is 1. The van der Waals surface area contributed by atoms with Crippen LogP contribution in [0.2, 0.25) is 0 Å². The van der Waals surface area contributed by atoms with Crippen LogP contribution in [0.15, 0.2) is 29.2 Å². The summed E-state index contributed by atoms with van der Waals surface area (Å²) in [5, 5.41) is 5.30. The standard InChI is InChI=1S/C11H12F2N2O3S2/c12-11(13)20(17,18)9-4-2-1-3-7(9)15-10(16)8-5-19-6-14-8/h1-4,8,11,14H,5-6H2,(H,15,16). The van der Waals surface area contributed by atoms with Crippen molar-refractivity contribution >= 4 is 33.2 Å². The van der Waals surface area contributed by atoms with Crippen LogP contribution in [0.1, 0.15) is 0 Å². The quantitative estimate of drug-likeness (QED) is 0.873. The molecule has 1 saturated heterocycles. The van der Waals surface area contributed by atoms with Crippen LogP contribution in [0.4, 0.5) is 14.5 Å². The van der Waals surface area contributed by atoms with Crippen molar-refractivity contribution in [2.24, 2.45) is 0 Å². The van der Waals surface area contributed by atoms with E-state index in [4.69, 9.17) is 0 Å². The summed E-state index contributed by atoms with van der Waals surface area (Å²) in [7, 11) is -4.75. The predicted molar refractivity (Wildman–Crippen MR) is 72.5 cm³/mol. The number of anilines is 1. The lowest BCUT2D eigenvalue weighted by molar-refractivity contribution is -0.117. The van der Waals surface area contributed by atoms with E-state index in [0.717, 1.165) is 6.07 Å². The van der Waals surface area contributed by atoms with Gasteiger partial charge in [-0.2, -0.15) is 8.78 Å². The van der Waals surface area contributed by atoms with Gasteiger partial charge in [0.1, 0.15) is 0 Å². The maximum Gasteiger partial charge on any atom is 0.341 e. The van der Waals surface area contributed by atoms with Crippen molar-refractivity contribution in [2.75, 3.05) is 16.9 Å². The second-order valence-electron chi connectivity index (χ2n) is 4.06. The van der Waals surface area contributed by atoms with Crippen molar-refractivity contribution in [3.05, 3.63) is 24.3 Å². The van der Waals surface area contributed by atoms with E-state index in [-0.39, 0.29) is 5.69 Å². The summed E-state index contributed by atoms with van der Waals surface area (Å²) in [6, 6.07) is 4.68. The number of thioether (sulfide) groups is 1. The Balaban J connectivity index is 2.26. The summed E-state index contributed by atoms with van der Waals surface area (Å²) in [6.07, 6.45) is 0. The third-order valence-electron chi connectivity index (χ3n) is 2.72. The van der Waals surface area contributed by atoms with Gasteiger partial charge in [-0.3, -0.25) is 10.1 Å². The number of amides is 1. The van der Waals surface area contributed by atoms with Gasteiger partial charge in [0, 0.05) is 11.6 Å². The van der Waals surface area contributed by atoms with Gasteiger partial charge < -0.3 is 5.32 Å². The molecule has 2 rings (SSSR count). The number of hydrogen-bond acceptors (Lipinski definition) is 5. The van der Waals surface area contributed by atoms with Crippen molar-refractivity contribution in [3.63, 3.8) is 0 Å². The Kier molecular flexibility index (Phi) is 4.61. The van der Waals surface area contributed by atoms with E-state index in [1.807, 2.05) is 0 Å². The SMILES string of the molecule is O=C(Nc1ccccc1S(=O)(=O)C(F)F)C1CSCN1. The van der Waals surface area contributed by atoms with Gasteiger partial charge in [-0.25, -0.2) is 8.42 Å². The smallest absolute Gasteiger partial charge is 0.324 e. The number of rotatable bonds is 4. The molecule has 0 saturated carbocycles. The highest BCUT2D eigenvalue weighted by molar-refractivity contribution is 7.99. The minimum absolute atomic E-state index is 0.128. The first-order valence-electron chi connectivity index (χ1n) is 5.66.